The van der Waals surface area contributed by atoms with Crippen LogP contribution in [0.5, 0.6) is 5.75 Å². The van der Waals surface area contributed by atoms with Gasteiger partial charge in [0.15, 0.2) is 6.61 Å². The Morgan fingerprint density at radius 2 is 1.84 bits per heavy atom. The molecule has 1 fully saturated rings. The lowest BCUT2D eigenvalue weighted by Gasteiger charge is -2.30. The van der Waals surface area contributed by atoms with Gasteiger partial charge in [0.1, 0.15) is 5.75 Å². The molecule has 1 saturated heterocycles. The van der Waals surface area contributed by atoms with Crippen LogP contribution in [0.2, 0.25) is 0 Å². The Bertz CT molecular complexity index is 949. The predicted octanol–water partition coefficient (Wildman–Crippen LogP) is 3.45. The second-order valence-electron chi connectivity index (χ2n) is 7.23. The molecule has 1 heterocycles. The highest BCUT2D eigenvalue weighted by atomic mass is 19.4. The molecule has 0 spiro atoms. The lowest BCUT2D eigenvalue weighted by Crippen LogP contribution is -2.44. The summed E-state index contributed by atoms with van der Waals surface area (Å²) >= 11 is 0. The molecule has 2 amide bonds. The molecule has 3 rings (SSSR count). The first-order valence-electron chi connectivity index (χ1n) is 9.88. The minimum absolute atomic E-state index is 0.0485. The summed E-state index contributed by atoms with van der Waals surface area (Å²) in [6.07, 6.45) is -5.30. The van der Waals surface area contributed by atoms with Crippen LogP contribution in [0.1, 0.15) is 17.5 Å². The molecule has 0 saturated carbocycles. The first-order chi connectivity index (χ1) is 15.2. The number of benzene rings is 2. The zero-order chi connectivity index (χ0) is 23.3. The van der Waals surface area contributed by atoms with Gasteiger partial charge in [-0.2, -0.15) is 13.2 Å². The second-order valence-corrected chi connectivity index (χ2v) is 7.23. The number of hydrogen-bond donors (Lipinski definition) is 1. The average Bonchev–Trinajstić information content (AvgIpc) is 3.27. The van der Waals surface area contributed by atoms with Crippen molar-refractivity contribution >= 4 is 17.7 Å². The van der Waals surface area contributed by atoms with Crippen LogP contribution in [-0.4, -0.2) is 54.9 Å². The van der Waals surface area contributed by atoms with Gasteiger partial charge in [-0.3, -0.25) is 9.69 Å². The molecule has 10 heteroatoms. The number of halogens is 3. The number of nitrogens with zero attached hydrogens (tertiary/aromatic N) is 2. The fourth-order valence-electron chi connectivity index (χ4n) is 3.57. The molecule has 0 aliphatic carbocycles. The van der Waals surface area contributed by atoms with E-state index in [9.17, 15) is 22.8 Å². The van der Waals surface area contributed by atoms with Crippen LogP contribution in [-0.2, 0) is 22.3 Å². The number of ether oxygens (including phenoxy) is 2. The molecule has 2 aromatic rings. The topological polar surface area (TPSA) is 79.3 Å². The van der Waals surface area contributed by atoms with Crippen LogP contribution in [0, 0.1) is 0 Å². The number of amides is 2. The van der Waals surface area contributed by atoms with Crippen LogP contribution in [0.15, 0.2) is 48.5 Å². The van der Waals surface area contributed by atoms with Crippen molar-refractivity contribution in [3.63, 3.8) is 0 Å². The van der Waals surface area contributed by atoms with Crippen LogP contribution >= 0.6 is 0 Å². The third-order valence-corrected chi connectivity index (χ3v) is 5.19. The molecule has 0 radical (unpaired) electrons. The largest absolute Gasteiger partial charge is 0.484 e. The number of anilines is 1. The average molecular weight is 452 g/mol. The Hall–Kier alpha value is -3.27. The van der Waals surface area contributed by atoms with E-state index in [2.05, 4.69) is 0 Å². The number of carbonyl (C=O) groups excluding carboxylic acids is 2. The Kier molecular flexibility index (Phi) is 7.24. The summed E-state index contributed by atoms with van der Waals surface area (Å²) in [7, 11) is 1.10. The van der Waals surface area contributed by atoms with Gasteiger partial charge >= 0.3 is 12.3 Å². The fraction of sp³-hybridized carbons (Fsp3) is 0.364. The van der Waals surface area contributed by atoms with Crippen LogP contribution in [0.25, 0.3) is 0 Å². The molecule has 2 aromatic carbocycles. The van der Waals surface area contributed by atoms with Crippen LogP contribution in [0.4, 0.5) is 23.7 Å². The van der Waals surface area contributed by atoms with Gasteiger partial charge in [0.2, 0.25) is 0 Å². The van der Waals surface area contributed by atoms with E-state index in [4.69, 9.17) is 14.6 Å². The van der Waals surface area contributed by atoms with E-state index < -0.39 is 23.9 Å². The zero-order valence-electron chi connectivity index (χ0n) is 17.3. The SMILES string of the molecule is COC(=O)N(c1ccccc1C(F)(F)F)[C@H]1CCN(C(=O)COc2ccc(CO)cc2)C1. The molecule has 1 N–H and O–H groups in total. The summed E-state index contributed by atoms with van der Waals surface area (Å²) in [5, 5.41) is 9.06. The van der Waals surface area contributed by atoms with E-state index in [1.807, 2.05) is 0 Å². The molecule has 1 atom stereocenters. The Morgan fingerprint density at radius 1 is 1.16 bits per heavy atom. The van der Waals surface area contributed by atoms with E-state index in [0.29, 0.717) is 11.3 Å². The van der Waals surface area contributed by atoms with Crippen molar-refractivity contribution in [3.05, 3.63) is 59.7 Å². The summed E-state index contributed by atoms with van der Waals surface area (Å²) < 4.78 is 50.7. The van der Waals surface area contributed by atoms with Gasteiger partial charge in [0.25, 0.3) is 5.91 Å². The van der Waals surface area contributed by atoms with E-state index in [1.54, 1.807) is 24.3 Å². The monoisotopic (exact) mass is 452 g/mol. The third-order valence-electron chi connectivity index (χ3n) is 5.19. The predicted molar refractivity (Wildman–Crippen MR) is 109 cm³/mol. The maximum absolute atomic E-state index is 13.5. The van der Waals surface area contributed by atoms with Crippen molar-refractivity contribution in [2.24, 2.45) is 0 Å². The van der Waals surface area contributed by atoms with E-state index in [-0.39, 0.29) is 44.3 Å². The van der Waals surface area contributed by atoms with Gasteiger partial charge in [0.05, 0.1) is 31.0 Å². The number of methoxy groups -OCH3 is 1. The number of hydrogen-bond acceptors (Lipinski definition) is 5. The van der Waals surface area contributed by atoms with Gasteiger partial charge in [0, 0.05) is 13.1 Å². The quantitative estimate of drug-likeness (QED) is 0.727. The molecule has 1 aliphatic heterocycles. The first-order valence-corrected chi connectivity index (χ1v) is 9.88. The van der Waals surface area contributed by atoms with Crippen LogP contribution in [0.3, 0.4) is 0 Å². The van der Waals surface area contributed by atoms with Gasteiger partial charge < -0.3 is 19.5 Å². The molecule has 32 heavy (non-hydrogen) atoms. The van der Waals surface area contributed by atoms with Crippen molar-refractivity contribution in [2.45, 2.75) is 25.2 Å². The number of rotatable bonds is 6. The van der Waals surface area contributed by atoms with E-state index in [1.165, 1.54) is 23.1 Å². The van der Waals surface area contributed by atoms with Gasteiger partial charge in [-0.25, -0.2) is 4.79 Å². The maximum atomic E-state index is 13.5. The highest BCUT2D eigenvalue weighted by Crippen LogP contribution is 2.38. The zero-order valence-corrected chi connectivity index (χ0v) is 17.3. The lowest BCUT2D eigenvalue weighted by atomic mass is 10.1. The van der Waals surface area contributed by atoms with Crippen molar-refractivity contribution in [1.29, 1.82) is 0 Å². The molecular weight excluding hydrogens is 429 g/mol. The van der Waals surface area contributed by atoms with Crippen LogP contribution < -0.4 is 9.64 Å². The standard InChI is InChI=1S/C22H23F3N2O5/c1-31-21(30)27(19-5-3-2-4-18(19)22(23,24)25)16-10-11-26(12-16)20(29)14-32-17-8-6-15(13-28)7-9-17/h2-9,16,28H,10-14H2,1H3/t16-/m0/s1. The summed E-state index contributed by atoms with van der Waals surface area (Å²) in [6, 6.07) is 10.7. The van der Waals surface area contributed by atoms with Crippen molar-refractivity contribution < 1.29 is 37.3 Å². The molecule has 0 aromatic heterocycles. The fourth-order valence-corrected chi connectivity index (χ4v) is 3.57. The van der Waals surface area contributed by atoms with E-state index in [0.717, 1.165) is 18.1 Å². The molecular formula is C22H23F3N2O5. The van der Waals surface area contributed by atoms with Crippen molar-refractivity contribution in [3.8, 4) is 5.75 Å². The molecule has 7 nitrogen and oxygen atoms in total. The summed E-state index contributed by atoms with van der Waals surface area (Å²) in [5.74, 6) is 0.0919. The van der Waals surface area contributed by atoms with Gasteiger partial charge in [-0.05, 0) is 36.2 Å². The summed E-state index contributed by atoms with van der Waals surface area (Å²) in [6.45, 7) is -0.0595. The van der Waals surface area contributed by atoms with E-state index >= 15 is 0 Å². The summed E-state index contributed by atoms with van der Waals surface area (Å²) in [5.41, 5.74) is -0.565. The van der Waals surface area contributed by atoms with Crippen molar-refractivity contribution in [2.75, 3.05) is 31.7 Å². The normalized spacial score (nSPS) is 16.0. The third kappa shape index (κ3) is 5.31. The maximum Gasteiger partial charge on any atom is 0.418 e. The molecule has 1 aliphatic rings. The number of likely N-dealkylation sites (tertiary alicyclic amines) is 1. The number of para-hydroxylation sites is 1. The first kappa shape index (κ1) is 23.4. The van der Waals surface area contributed by atoms with Gasteiger partial charge in [-0.1, -0.05) is 24.3 Å². The minimum Gasteiger partial charge on any atom is -0.484 e. The number of aliphatic hydroxyl groups excluding tert-OH is 1. The lowest BCUT2D eigenvalue weighted by molar-refractivity contribution is -0.137. The summed E-state index contributed by atoms with van der Waals surface area (Å²) in [4.78, 5) is 27.4. The number of alkyl halides is 3. The van der Waals surface area contributed by atoms with Gasteiger partial charge in [-0.15, -0.1) is 0 Å². The number of aliphatic hydroxyl groups is 1. The molecule has 0 unspecified atom stereocenters. The molecule has 172 valence electrons. The Labute approximate surface area is 182 Å². The number of carbonyl (C=O) groups is 2. The molecule has 0 bridgehead atoms. The Morgan fingerprint density at radius 3 is 2.47 bits per heavy atom. The van der Waals surface area contributed by atoms with Crippen molar-refractivity contribution in [1.82, 2.24) is 4.90 Å². The second kappa shape index (κ2) is 9.90. The highest BCUT2D eigenvalue weighted by Gasteiger charge is 2.40. The minimum atomic E-state index is -4.66. The highest BCUT2D eigenvalue weighted by molar-refractivity contribution is 5.90. The Balaban J connectivity index is 1.71. The smallest absolute Gasteiger partial charge is 0.418 e.